The number of methoxy groups -OCH3 is 2. The molecule has 0 saturated heterocycles. The molecule has 0 unspecified atom stereocenters. The molecule has 7 heteroatoms. The largest absolute Gasteiger partial charge is 0.495 e. The van der Waals surface area contributed by atoms with Crippen LogP contribution in [0.4, 0.5) is 23.1 Å². The Balaban J connectivity index is 1.82. The van der Waals surface area contributed by atoms with E-state index in [9.17, 15) is 4.79 Å². The van der Waals surface area contributed by atoms with Gasteiger partial charge in [-0.3, -0.25) is 0 Å². The molecule has 28 heavy (non-hydrogen) atoms. The van der Waals surface area contributed by atoms with Crippen molar-refractivity contribution in [1.82, 2.24) is 9.97 Å². The third kappa shape index (κ3) is 4.56. The molecule has 0 aliphatic carbocycles. The minimum atomic E-state index is -0.372. The summed E-state index contributed by atoms with van der Waals surface area (Å²) in [5.74, 6) is 1.43. The van der Waals surface area contributed by atoms with E-state index < -0.39 is 0 Å². The van der Waals surface area contributed by atoms with Gasteiger partial charge in [0.15, 0.2) is 0 Å². The predicted molar refractivity (Wildman–Crippen MR) is 109 cm³/mol. The highest BCUT2D eigenvalue weighted by molar-refractivity contribution is 5.89. The molecule has 2 N–H and O–H groups in total. The molecule has 2 aromatic carbocycles. The van der Waals surface area contributed by atoms with Crippen molar-refractivity contribution in [1.29, 1.82) is 0 Å². The maximum Gasteiger partial charge on any atom is 0.337 e. The summed E-state index contributed by atoms with van der Waals surface area (Å²) in [5.41, 5.74) is 3.98. The zero-order valence-electron chi connectivity index (χ0n) is 16.2. The average molecular weight is 378 g/mol. The molecule has 0 atom stereocenters. The first-order valence-corrected chi connectivity index (χ1v) is 8.71. The number of aromatic nitrogens is 2. The van der Waals surface area contributed by atoms with Gasteiger partial charge < -0.3 is 20.1 Å². The van der Waals surface area contributed by atoms with Gasteiger partial charge in [-0.1, -0.05) is 6.07 Å². The summed E-state index contributed by atoms with van der Waals surface area (Å²) in [7, 11) is 2.98. The van der Waals surface area contributed by atoms with E-state index in [1.54, 1.807) is 31.4 Å². The predicted octanol–water partition coefficient (Wildman–Crippen LogP) is 4.38. The van der Waals surface area contributed by atoms with E-state index in [1.165, 1.54) is 7.11 Å². The number of rotatable bonds is 6. The molecular formula is C21H22N4O3. The monoisotopic (exact) mass is 378 g/mol. The van der Waals surface area contributed by atoms with Crippen molar-refractivity contribution in [3.8, 4) is 5.75 Å². The van der Waals surface area contributed by atoms with E-state index in [0.717, 1.165) is 22.6 Å². The normalized spacial score (nSPS) is 10.3. The third-order valence-corrected chi connectivity index (χ3v) is 4.03. The van der Waals surface area contributed by atoms with Crippen molar-refractivity contribution >= 4 is 29.1 Å². The Labute approximate surface area is 163 Å². The van der Waals surface area contributed by atoms with Crippen LogP contribution in [0.15, 0.2) is 48.5 Å². The van der Waals surface area contributed by atoms with Gasteiger partial charge in [-0.25, -0.2) is 9.78 Å². The van der Waals surface area contributed by atoms with Crippen LogP contribution < -0.4 is 15.4 Å². The second kappa shape index (κ2) is 8.39. The summed E-state index contributed by atoms with van der Waals surface area (Å²) in [4.78, 5) is 20.5. The van der Waals surface area contributed by atoms with E-state index in [4.69, 9.17) is 9.47 Å². The summed E-state index contributed by atoms with van der Waals surface area (Å²) >= 11 is 0. The Morgan fingerprint density at radius 1 is 0.929 bits per heavy atom. The van der Waals surface area contributed by atoms with Crippen molar-refractivity contribution < 1.29 is 14.3 Å². The Hall–Kier alpha value is -3.61. The fourth-order valence-electron chi connectivity index (χ4n) is 2.68. The van der Waals surface area contributed by atoms with Crippen LogP contribution in [0, 0.1) is 13.8 Å². The summed E-state index contributed by atoms with van der Waals surface area (Å²) < 4.78 is 10.1. The third-order valence-electron chi connectivity index (χ3n) is 4.03. The summed E-state index contributed by atoms with van der Waals surface area (Å²) in [6.07, 6.45) is 0. The minimum Gasteiger partial charge on any atom is -0.495 e. The molecule has 0 saturated carbocycles. The Bertz CT molecular complexity index is 987. The van der Waals surface area contributed by atoms with Crippen molar-refractivity contribution in [3.05, 3.63) is 65.4 Å². The summed E-state index contributed by atoms with van der Waals surface area (Å²) in [6.45, 7) is 3.90. The SMILES string of the molecule is COC(=O)c1ccc(Nc2cc(C)nc(Nc3cc(C)ccc3OC)n2)cc1. The second-order valence-electron chi connectivity index (χ2n) is 6.24. The molecule has 0 amide bonds. The molecule has 0 aliphatic heterocycles. The Morgan fingerprint density at radius 2 is 1.68 bits per heavy atom. The molecule has 0 bridgehead atoms. The van der Waals surface area contributed by atoms with Crippen LogP contribution in [0.25, 0.3) is 0 Å². The van der Waals surface area contributed by atoms with Crippen molar-refractivity contribution in [3.63, 3.8) is 0 Å². The zero-order chi connectivity index (χ0) is 20.1. The number of carbonyl (C=O) groups excluding carboxylic acids is 1. The fourth-order valence-corrected chi connectivity index (χ4v) is 2.68. The fraction of sp³-hybridized carbons (Fsp3) is 0.190. The van der Waals surface area contributed by atoms with Crippen LogP contribution in [0.5, 0.6) is 5.75 Å². The highest BCUT2D eigenvalue weighted by Crippen LogP contribution is 2.28. The molecule has 0 fully saturated rings. The zero-order valence-corrected chi connectivity index (χ0v) is 16.2. The molecule has 3 aromatic rings. The molecule has 0 spiro atoms. The van der Waals surface area contributed by atoms with Crippen molar-refractivity contribution in [2.24, 2.45) is 0 Å². The molecule has 1 heterocycles. The number of nitrogens with one attached hydrogen (secondary N) is 2. The molecular weight excluding hydrogens is 356 g/mol. The highest BCUT2D eigenvalue weighted by atomic mass is 16.5. The Kier molecular flexibility index (Phi) is 5.74. The van der Waals surface area contributed by atoms with E-state index in [-0.39, 0.29) is 5.97 Å². The molecule has 1 aromatic heterocycles. The van der Waals surface area contributed by atoms with Gasteiger partial charge in [0.25, 0.3) is 0 Å². The lowest BCUT2D eigenvalue weighted by molar-refractivity contribution is 0.0601. The number of ether oxygens (including phenoxy) is 2. The topological polar surface area (TPSA) is 85.4 Å². The molecule has 7 nitrogen and oxygen atoms in total. The maximum atomic E-state index is 11.5. The quantitative estimate of drug-likeness (QED) is 0.616. The van der Waals surface area contributed by atoms with Crippen molar-refractivity contribution in [2.75, 3.05) is 24.9 Å². The van der Waals surface area contributed by atoms with E-state index in [1.807, 2.05) is 38.1 Å². The van der Waals surface area contributed by atoms with Crippen LogP contribution in [0.3, 0.4) is 0 Å². The molecule has 0 radical (unpaired) electrons. The lowest BCUT2D eigenvalue weighted by Gasteiger charge is -2.13. The van der Waals surface area contributed by atoms with E-state index >= 15 is 0 Å². The standard InChI is InChI=1S/C21H22N4O3/c1-13-5-10-18(27-3)17(11-13)24-21-22-14(2)12-19(25-21)23-16-8-6-15(7-9-16)20(26)28-4/h5-12H,1-4H3,(H2,22,23,24,25). The Morgan fingerprint density at radius 3 is 2.36 bits per heavy atom. The van der Waals surface area contributed by atoms with Gasteiger partial charge in [0.1, 0.15) is 11.6 Å². The first-order chi connectivity index (χ1) is 13.5. The van der Waals surface area contributed by atoms with Crippen LogP contribution in [-0.2, 0) is 4.74 Å². The number of aryl methyl sites for hydroxylation is 2. The molecule has 0 aliphatic rings. The second-order valence-corrected chi connectivity index (χ2v) is 6.24. The van der Waals surface area contributed by atoms with Gasteiger partial charge >= 0.3 is 5.97 Å². The first kappa shape index (κ1) is 19.2. The smallest absolute Gasteiger partial charge is 0.337 e. The van der Waals surface area contributed by atoms with Crippen LogP contribution >= 0.6 is 0 Å². The number of nitrogens with zero attached hydrogens (tertiary/aromatic N) is 2. The average Bonchev–Trinajstić information content (AvgIpc) is 2.68. The lowest BCUT2D eigenvalue weighted by Crippen LogP contribution is -2.04. The first-order valence-electron chi connectivity index (χ1n) is 8.71. The maximum absolute atomic E-state index is 11.5. The van der Waals surface area contributed by atoms with E-state index in [2.05, 4.69) is 20.6 Å². The van der Waals surface area contributed by atoms with Gasteiger partial charge in [-0.15, -0.1) is 0 Å². The minimum absolute atomic E-state index is 0.372. The highest BCUT2D eigenvalue weighted by Gasteiger charge is 2.09. The lowest BCUT2D eigenvalue weighted by atomic mass is 10.2. The summed E-state index contributed by atoms with van der Waals surface area (Å²) in [5, 5.41) is 6.44. The number of benzene rings is 2. The van der Waals surface area contributed by atoms with Gasteiger partial charge in [-0.05, 0) is 55.8 Å². The number of hydrogen-bond donors (Lipinski definition) is 2. The van der Waals surface area contributed by atoms with Gasteiger partial charge in [-0.2, -0.15) is 4.98 Å². The number of anilines is 4. The van der Waals surface area contributed by atoms with Crippen LogP contribution in [0.2, 0.25) is 0 Å². The number of esters is 1. The van der Waals surface area contributed by atoms with E-state index in [0.29, 0.717) is 23.1 Å². The number of carbonyl (C=O) groups is 1. The van der Waals surface area contributed by atoms with Crippen LogP contribution in [0.1, 0.15) is 21.6 Å². The van der Waals surface area contributed by atoms with Gasteiger partial charge in [0, 0.05) is 17.4 Å². The van der Waals surface area contributed by atoms with Crippen LogP contribution in [-0.4, -0.2) is 30.2 Å². The molecule has 3 rings (SSSR count). The number of hydrogen-bond acceptors (Lipinski definition) is 7. The molecule has 144 valence electrons. The van der Waals surface area contributed by atoms with Gasteiger partial charge in [0.05, 0.1) is 25.5 Å². The summed E-state index contributed by atoms with van der Waals surface area (Å²) in [6, 6.07) is 14.7. The van der Waals surface area contributed by atoms with Gasteiger partial charge in [0.2, 0.25) is 5.95 Å². The van der Waals surface area contributed by atoms with Crippen molar-refractivity contribution in [2.45, 2.75) is 13.8 Å².